The van der Waals surface area contributed by atoms with Crippen molar-refractivity contribution in [3.63, 3.8) is 0 Å². The first-order valence-electron chi connectivity index (χ1n) is 5.55. The molecule has 0 spiro atoms. The number of hydrogen-bond acceptors (Lipinski definition) is 2. The number of hydrogen-bond donors (Lipinski definition) is 1. The molecule has 1 heterocycles. The Morgan fingerprint density at radius 1 is 1.46 bits per heavy atom. The van der Waals surface area contributed by atoms with E-state index in [2.05, 4.69) is 6.92 Å². The highest BCUT2D eigenvalue weighted by molar-refractivity contribution is 4.80. The normalized spacial score (nSPS) is 36.5. The van der Waals surface area contributed by atoms with E-state index in [1.165, 1.54) is 19.3 Å². The second-order valence-corrected chi connectivity index (χ2v) is 4.73. The van der Waals surface area contributed by atoms with E-state index in [4.69, 9.17) is 4.74 Å². The van der Waals surface area contributed by atoms with Crippen molar-refractivity contribution >= 4 is 0 Å². The molecule has 3 unspecified atom stereocenters. The van der Waals surface area contributed by atoms with E-state index in [0.29, 0.717) is 12.0 Å². The number of rotatable bonds is 4. The molecule has 2 rings (SSSR count). The van der Waals surface area contributed by atoms with E-state index in [-0.39, 0.29) is 6.10 Å². The Hall–Kier alpha value is -0.0800. The summed E-state index contributed by atoms with van der Waals surface area (Å²) in [5.74, 6) is 1.35. The minimum Gasteiger partial charge on any atom is -0.393 e. The average molecular weight is 184 g/mol. The summed E-state index contributed by atoms with van der Waals surface area (Å²) in [5, 5.41) is 9.86. The van der Waals surface area contributed by atoms with Gasteiger partial charge < -0.3 is 9.84 Å². The van der Waals surface area contributed by atoms with Crippen LogP contribution in [-0.2, 0) is 4.74 Å². The van der Waals surface area contributed by atoms with Crippen molar-refractivity contribution in [1.82, 2.24) is 0 Å². The van der Waals surface area contributed by atoms with Gasteiger partial charge in [-0.3, -0.25) is 0 Å². The fourth-order valence-electron chi connectivity index (χ4n) is 2.17. The van der Waals surface area contributed by atoms with Crippen molar-refractivity contribution in [3.8, 4) is 0 Å². The molecule has 0 aromatic carbocycles. The number of ether oxygens (including phenoxy) is 1. The molecule has 1 saturated carbocycles. The lowest BCUT2D eigenvalue weighted by Gasteiger charge is -2.15. The van der Waals surface area contributed by atoms with Crippen LogP contribution in [0.15, 0.2) is 0 Å². The number of aliphatic hydroxyl groups is 1. The van der Waals surface area contributed by atoms with Gasteiger partial charge in [-0.15, -0.1) is 0 Å². The Balaban J connectivity index is 1.66. The third-order valence-electron chi connectivity index (χ3n) is 3.34. The molecule has 2 fully saturated rings. The highest BCUT2D eigenvalue weighted by Gasteiger charge is 2.30. The second-order valence-electron chi connectivity index (χ2n) is 4.73. The maximum Gasteiger partial charge on any atom is 0.0591 e. The Morgan fingerprint density at radius 2 is 2.23 bits per heavy atom. The predicted octanol–water partition coefficient (Wildman–Crippen LogP) is 1.96. The third kappa shape index (κ3) is 2.68. The molecule has 1 N–H and O–H groups in total. The van der Waals surface area contributed by atoms with Crippen LogP contribution in [-0.4, -0.2) is 23.9 Å². The molecule has 13 heavy (non-hydrogen) atoms. The van der Waals surface area contributed by atoms with E-state index in [9.17, 15) is 5.11 Å². The van der Waals surface area contributed by atoms with Crippen LogP contribution in [0.25, 0.3) is 0 Å². The highest BCUT2D eigenvalue weighted by atomic mass is 16.5. The first kappa shape index (κ1) is 9.47. The molecule has 2 aliphatic rings. The summed E-state index contributed by atoms with van der Waals surface area (Å²) >= 11 is 0. The predicted molar refractivity (Wildman–Crippen MR) is 51.5 cm³/mol. The lowest BCUT2D eigenvalue weighted by molar-refractivity contribution is 0.0734. The summed E-state index contributed by atoms with van der Waals surface area (Å²) in [7, 11) is 0. The molecule has 1 saturated heterocycles. The fourth-order valence-corrected chi connectivity index (χ4v) is 2.17. The molecule has 1 aliphatic heterocycles. The summed E-state index contributed by atoms with van der Waals surface area (Å²) in [5.41, 5.74) is 0. The molecular weight excluding hydrogens is 164 g/mol. The van der Waals surface area contributed by atoms with Gasteiger partial charge in [-0.1, -0.05) is 12.8 Å². The van der Waals surface area contributed by atoms with Crippen molar-refractivity contribution < 1.29 is 9.84 Å². The van der Waals surface area contributed by atoms with Crippen molar-refractivity contribution in [2.24, 2.45) is 11.8 Å². The molecule has 0 bridgehead atoms. The number of aliphatic hydroxyl groups excluding tert-OH is 1. The summed E-state index contributed by atoms with van der Waals surface area (Å²) in [4.78, 5) is 0. The van der Waals surface area contributed by atoms with E-state index in [1.807, 2.05) is 0 Å². The van der Waals surface area contributed by atoms with Crippen LogP contribution in [0.3, 0.4) is 0 Å². The van der Waals surface area contributed by atoms with Gasteiger partial charge in [0.1, 0.15) is 0 Å². The first-order chi connectivity index (χ1) is 6.25. The SMILES string of the molecule is CC1CC(C(O)CCC2CC2)CO1. The van der Waals surface area contributed by atoms with Crippen LogP contribution >= 0.6 is 0 Å². The maximum absolute atomic E-state index is 9.86. The minimum atomic E-state index is -0.106. The third-order valence-corrected chi connectivity index (χ3v) is 3.34. The van der Waals surface area contributed by atoms with Gasteiger partial charge in [0.05, 0.1) is 18.8 Å². The zero-order valence-electron chi connectivity index (χ0n) is 8.41. The Labute approximate surface area is 80.3 Å². The molecule has 0 aromatic rings. The van der Waals surface area contributed by atoms with Gasteiger partial charge in [0.2, 0.25) is 0 Å². The van der Waals surface area contributed by atoms with E-state index < -0.39 is 0 Å². The molecule has 1 aliphatic carbocycles. The average Bonchev–Trinajstić information content (AvgIpc) is 2.84. The van der Waals surface area contributed by atoms with Gasteiger partial charge in [-0.05, 0) is 32.1 Å². The topological polar surface area (TPSA) is 29.5 Å². The Bertz CT molecular complexity index is 165. The van der Waals surface area contributed by atoms with Gasteiger partial charge in [0.15, 0.2) is 0 Å². The van der Waals surface area contributed by atoms with Crippen molar-refractivity contribution in [1.29, 1.82) is 0 Å². The molecule has 76 valence electrons. The largest absolute Gasteiger partial charge is 0.393 e. The molecule has 3 atom stereocenters. The van der Waals surface area contributed by atoms with Crippen molar-refractivity contribution in [3.05, 3.63) is 0 Å². The molecule has 0 aromatic heterocycles. The smallest absolute Gasteiger partial charge is 0.0591 e. The van der Waals surface area contributed by atoms with E-state index in [1.54, 1.807) is 0 Å². The first-order valence-corrected chi connectivity index (χ1v) is 5.55. The van der Waals surface area contributed by atoms with Gasteiger partial charge >= 0.3 is 0 Å². The summed E-state index contributed by atoms with van der Waals surface area (Å²) in [6, 6.07) is 0. The highest BCUT2D eigenvalue weighted by Crippen LogP contribution is 2.35. The molecule has 0 radical (unpaired) electrons. The van der Waals surface area contributed by atoms with Crippen molar-refractivity contribution in [2.75, 3.05) is 6.61 Å². The minimum absolute atomic E-state index is 0.106. The van der Waals surface area contributed by atoms with Crippen molar-refractivity contribution in [2.45, 2.75) is 51.2 Å². The molecule has 2 nitrogen and oxygen atoms in total. The monoisotopic (exact) mass is 184 g/mol. The lowest BCUT2D eigenvalue weighted by Crippen LogP contribution is -2.20. The summed E-state index contributed by atoms with van der Waals surface area (Å²) < 4.78 is 5.45. The van der Waals surface area contributed by atoms with Crippen LogP contribution in [0, 0.1) is 11.8 Å². The zero-order chi connectivity index (χ0) is 9.26. The standard InChI is InChI=1S/C11H20O2/c1-8-6-10(7-13-8)11(12)5-4-9-2-3-9/h8-12H,2-7H2,1H3. The molecule has 2 heteroatoms. The van der Waals surface area contributed by atoms with E-state index in [0.717, 1.165) is 25.4 Å². The van der Waals surface area contributed by atoms with Crippen LogP contribution in [0.2, 0.25) is 0 Å². The maximum atomic E-state index is 9.86. The zero-order valence-corrected chi connectivity index (χ0v) is 8.41. The van der Waals surface area contributed by atoms with Crippen LogP contribution in [0.1, 0.15) is 39.0 Å². The Kier molecular flexibility index (Phi) is 2.89. The van der Waals surface area contributed by atoms with Gasteiger partial charge in [-0.25, -0.2) is 0 Å². The van der Waals surface area contributed by atoms with Crippen LogP contribution < -0.4 is 0 Å². The van der Waals surface area contributed by atoms with Crippen LogP contribution in [0.5, 0.6) is 0 Å². The Morgan fingerprint density at radius 3 is 2.77 bits per heavy atom. The van der Waals surface area contributed by atoms with Crippen LogP contribution in [0.4, 0.5) is 0 Å². The quantitative estimate of drug-likeness (QED) is 0.723. The van der Waals surface area contributed by atoms with Gasteiger partial charge in [-0.2, -0.15) is 0 Å². The summed E-state index contributed by atoms with van der Waals surface area (Å²) in [6.07, 6.45) is 6.31. The molecular formula is C11H20O2. The van der Waals surface area contributed by atoms with Gasteiger partial charge in [0.25, 0.3) is 0 Å². The fraction of sp³-hybridized carbons (Fsp3) is 1.00. The van der Waals surface area contributed by atoms with E-state index >= 15 is 0 Å². The summed E-state index contributed by atoms with van der Waals surface area (Å²) in [6.45, 7) is 2.86. The lowest BCUT2D eigenvalue weighted by atomic mass is 9.95. The molecule has 0 amide bonds. The van der Waals surface area contributed by atoms with Gasteiger partial charge in [0, 0.05) is 5.92 Å². The second kappa shape index (κ2) is 3.97.